The highest BCUT2D eigenvalue weighted by atomic mass is 16.6. The Bertz CT molecular complexity index is 725. The average molecular weight is 449 g/mol. The van der Waals surface area contributed by atoms with Crippen LogP contribution in [0.25, 0.3) is 0 Å². The van der Waals surface area contributed by atoms with Crippen LogP contribution in [-0.2, 0) is 15.9 Å². The fourth-order valence-electron chi connectivity index (χ4n) is 3.49. The van der Waals surface area contributed by atoms with Crippen LogP contribution in [0.15, 0.2) is 29.3 Å². The molecule has 1 amide bonds. The molecule has 180 valence electrons. The third kappa shape index (κ3) is 10.2. The van der Waals surface area contributed by atoms with Crippen LogP contribution in [0.1, 0.15) is 52.5 Å². The first-order chi connectivity index (χ1) is 15.3. The topological polar surface area (TPSA) is 95.4 Å². The van der Waals surface area contributed by atoms with E-state index in [-0.39, 0.29) is 12.2 Å². The SMILES string of the molecule is CCNC(=NCCc1cccc(O)c1)N1CCC(OCCCNC(=O)OC(C)(C)C)CC1. The molecule has 1 aliphatic rings. The smallest absolute Gasteiger partial charge is 0.407 e. The quantitative estimate of drug-likeness (QED) is 0.305. The molecule has 2 rings (SSSR count). The summed E-state index contributed by atoms with van der Waals surface area (Å²) in [4.78, 5) is 18.7. The molecule has 1 saturated heterocycles. The van der Waals surface area contributed by atoms with Gasteiger partial charge in [-0.25, -0.2) is 4.79 Å². The molecule has 1 aliphatic heterocycles. The molecule has 1 aromatic carbocycles. The van der Waals surface area contributed by atoms with Crippen molar-refractivity contribution in [3.63, 3.8) is 0 Å². The first-order valence-electron chi connectivity index (χ1n) is 11.7. The summed E-state index contributed by atoms with van der Waals surface area (Å²) in [6, 6.07) is 7.33. The molecule has 1 fully saturated rings. The van der Waals surface area contributed by atoms with E-state index in [1.54, 1.807) is 12.1 Å². The van der Waals surface area contributed by atoms with Gasteiger partial charge in [0.05, 0.1) is 6.10 Å². The first kappa shape index (κ1) is 25.8. The Kier molecular flexibility index (Phi) is 10.6. The Labute approximate surface area is 192 Å². The van der Waals surface area contributed by atoms with Gasteiger partial charge in [0.2, 0.25) is 0 Å². The molecule has 0 saturated carbocycles. The normalized spacial score (nSPS) is 15.5. The van der Waals surface area contributed by atoms with Crippen LogP contribution < -0.4 is 10.6 Å². The number of ether oxygens (including phenoxy) is 2. The van der Waals surface area contributed by atoms with Crippen LogP contribution in [0.2, 0.25) is 0 Å². The predicted molar refractivity (Wildman–Crippen MR) is 127 cm³/mol. The number of hydrogen-bond acceptors (Lipinski definition) is 5. The summed E-state index contributed by atoms with van der Waals surface area (Å²) in [5.41, 5.74) is 0.603. The third-order valence-electron chi connectivity index (χ3n) is 4.99. The minimum absolute atomic E-state index is 0.239. The zero-order valence-electron chi connectivity index (χ0n) is 20.0. The zero-order valence-corrected chi connectivity index (χ0v) is 20.0. The number of carbonyl (C=O) groups is 1. The Morgan fingerprint density at radius 3 is 2.66 bits per heavy atom. The highest BCUT2D eigenvalue weighted by molar-refractivity contribution is 5.80. The van der Waals surface area contributed by atoms with Crippen molar-refractivity contribution in [1.29, 1.82) is 0 Å². The van der Waals surface area contributed by atoms with Gasteiger partial charge in [-0.1, -0.05) is 12.1 Å². The highest BCUT2D eigenvalue weighted by Crippen LogP contribution is 2.15. The van der Waals surface area contributed by atoms with Gasteiger partial charge in [0, 0.05) is 39.3 Å². The van der Waals surface area contributed by atoms with Crippen molar-refractivity contribution >= 4 is 12.1 Å². The largest absolute Gasteiger partial charge is 0.508 e. The van der Waals surface area contributed by atoms with Crippen molar-refractivity contribution in [3.05, 3.63) is 29.8 Å². The lowest BCUT2D eigenvalue weighted by atomic mass is 10.1. The van der Waals surface area contributed by atoms with Crippen LogP contribution in [0.3, 0.4) is 0 Å². The van der Waals surface area contributed by atoms with Crippen LogP contribution in [0, 0.1) is 0 Å². The summed E-state index contributed by atoms with van der Waals surface area (Å²) in [6.07, 6.45) is 3.32. The summed E-state index contributed by atoms with van der Waals surface area (Å²) in [6.45, 7) is 12.1. The van der Waals surface area contributed by atoms with Gasteiger partial charge >= 0.3 is 6.09 Å². The molecule has 3 N–H and O–H groups in total. The minimum Gasteiger partial charge on any atom is -0.508 e. The number of carbonyl (C=O) groups excluding carboxylic acids is 1. The maximum atomic E-state index is 11.6. The van der Waals surface area contributed by atoms with Crippen molar-refractivity contribution in [3.8, 4) is 5.75 Å². The van der Waals surface area contributed by atoms with Crippen LogP contribution in [0.4, 0.5) is 4.79 Å². The Morgan fingerprint density at radius 2 is 2.00 bits per heavy atom. The first-order valence-corrected chi connectivity index (χ1v) is 11.7. The lowest BCUT2D eigenvalue weighted by molar-refractivity contribution is 0.0170. The molecule has 1 heterocycles. The van der Waals surface area contributed by atoms with E-state index in [0.717, 1.165) is 56.8 Å². The van der Waals surface area contributed by atoms with E-state index in [1.807, 2.05) is 32.9 Å². The van der Waals surface area contributed by atoms with E-state index >= 15 is 0 Å². The molecule has 0 aliphatic carbocycles. The fourth-order valence-corrected chi connectivity index (χ4v) is 3.49. The number of rotatable bonds is 9. The van der Waals surface area contributed by atoms with Gasteiger partial charge in [-0.2, -0.15) is 0 Å². The molecule has 0 radical (unpaired) electrons. The number of aliphatic imine (C=N–C) groups is 1. The van der Waals surface area contributed by atoms with Crippen molar-refractivity contribution < 1.29 is 19.4 Å². The van der Waals surface area contributed by atoms with Crippen LogP contribution in [0.5, 0.6) is 5.75 Å². The Hall–Kier alpha value is -2.48. The summed E-state index contributed by atoms with van der Waals surface area (Å²) < 4.78 is 11.2. The number of hydrogen-bond donors (Lipinski definition) is 3. The van der Waals surface area contributed by atoms with E-state index in [0.29, 0.717) is 25.4 Å². The number of piperidine rings is 1. The Balaban J connectivity index is 1.66. The maximum absolute atomic E-state index is 11.6. The number of alkyl carbamates (subject to hydrolysis) is 1. The molecular weight excluding hydrogens is 408 g/mol. The van der Waals surface area contributed by atoms with Crippen molar-refractivity contribution in [1.82, 2.24) is 15.5 Å². The van der Waals surface area contributed by atoms with Crippen LogP contribution >= 0.6 is 0 Å². The van der Waals surface area contributed by atoms with E-state index in [2.05, 4.69) is 22.5 Å². The fraction of sp³-hybridized carbons (Fsp3) is 0.667. The molecule has 0 bridgehead atoms. The van der Waals surface area contributed by atoms with E-state index in [4.69, 9.17) is 14.5 Å². The molecule has 1 aromatic rings. The van der Waals surface area contributed by atoms with Gasteiger partial charge in [0.25, 0.3) is 0 Å². The standard InChI is InChI=1S/C24H40N4O4/c1-5-25-22(26-14-10-19-8-6-9-20(29)18-19)28-15-11-21(12-16-28)31-17-7-13-27-23(30)32-24(2,3)4/h6,8-9,18,21,29H,5,7,10-17H2,1-4H3,(H,25,26)(H,27,30). The van der Waals surface area contributed by atoms with Gasteiger partial charge in [-0.05, 0) is 71.1 Å². The molecule has 0 spiro atoms. The van der Waals surface area contributed by atoms with Gasteiger partial charge in [0.15, 0.2) is 5.96 Å². The molecule has 32 heavy (non-hydrogen) atoms. The number of phenolic OH excluding ortho intramolecular Hbond substituents is 1. The number of nitrogens with zero attached hydrogens (tertiary/aromatic N) is 2. The summed E-state index contributed by atoms with van der Waals surface area (Å²) in [5, 5.41) is 15.7. The van der Waals surface area contributed by atoms with Crippen molar-refractivity contribution in [2.45, 2.75) is 65.1 Å². The molecule has 0 atom stereocenters. The number of phenols is 1. The van der Waals surface area contributed by atoms with Crippen molar-refractivity contribution in [2.24, 2.45) is 4.99 Å². The predicted octanol–water partition coefficient (Wildman–Crippen LogP) is 3.30. The third-order valence-corrected chi connectivity index (χ3v) is 4.99. The van der Waals surface area contributed by atoms with Crippen LogP contribution in [-0.4, -0.2) is 73.1 Å². The molecule has 8 heteroatoms. The van der Waals surface area contributed by atoms with Gasteiger partial charge in [-0.15, -0.1) is 0 Å². The number of amides is 1. The molecular formula is C24H40N4O4. The monoisotopic (exact) mass is 448 g/mol. The second-order valence-electron chi connectivity index (χ2n) is 8.99. The summed E-state index contributed by atoms with van der Waals surface area (Å²) >= 11 is 0. The van der Waals surface area contributed by atoms with E-state index in [1.165, 1.54) is 0 Å². The molecule has 0 unspecified atom stereocenters. The lowest BCUT2D eigenvalue weighted by Gasteiger charge is -2.34. The van der Waals surface area contributed by atoms with Gasteiger partial charge in [0.1, 0.15) is 11.4 Å². The number of guanidine groups is 1. The summed E-state index contributed by atoms with van der Waals surface area (Å²) in [5.74, 6) is 1.23. The minimum atomic E-state index is -0.478. The molecule has 8 nitrogen and oxygen atoms in total. The molecule has 0 aromatic heterocycles. The van der Waals surface area contributed by atoms with Gasteiger partial charge in [-0.3, -0.25) is 4.99 Å². The summed E-state index contributed by atoms with van der Waals surface area (Å²) in [7, 11) is 0. The zero-order chi connectivity index (χ0) is 23.4. The average Bonchev–Trinajstić information content (AvgIpc) is 2.72. The van der Waals surface area contributed by atoms with Gasteiger partial charge < -0.3 is 30.1 Å². The highest BCUT2D eigenvalue weighted by Gasteiger charge is 2.22. The second-order valence-corrected chi connectivity index (χ2v) is 8.99. The van der Waals surface area contributed by atoms with E-state index < -0.39 is 5.60 Å². The second kappa shape index (κ2) is 13.2. The number of likely N-dealkylation sites (tertiary alicyclic amines) is 1. The lowest BCUT2D eigenvalue weighted by Crippen LogP contribution is -2.47. The number of nitrogens with one attached hydrogen (secondary N) is 2. The van der Waals surface area contributed by atoms with E-state index in [9.17, 15) is 9.90 Å². The number of benzene rings is 1. The Morgan fingerprint density at radius 1 is 1.25 bits per heavy atom. The number of aromatic hydroxyl groups is 1. The maximum Gasteiger partial charge on any atom is 0.407 e. The van der Waals surface area contributed by atoms with Crippen molar-refractivity contribution in [2.75, 3.05) is 39.3 Å².